The van der Waals surface area contributed by atoms with Crippen LogP contribution in [0.5, 0.6) is 0 Å². The van der Waals surface area contributed by atoms with E-state index in [0.717, 1.165) is 12.8 Å². The Morgan fingerprint density at radius 3 is 2.24 bits per heavy atom. The predicted molar refractivity (Wildman–Crippen MR) is 49.7 cm³/mol. The summed E-state index contributed by atoms with van der Waals surface area (Å²) in [4.78, 5) is 10.6. The molecule has 3 nitrogen and oxygen atoms in total. The molecule has 0 aliphatic heterocycles. The molecule has 0 saturated heterocycles. The molecule has 0 fully saturated rings. The maximum Gasteiger partial charge on any atom is 0.463 e. The van der Waals surface area contributed by atoms with Crippen LogP contribution in [0.3, 0.4) is 0 Å². The van der Waals surface area contributed by atoms with E-state index in [1.54, 1.807) is 0 Å². The van der Waals surface area contributed by atoms with Crippen LogP contribution in [-0.2, 0) is 9.53 Å². The van der Waals surface area contributed by atoms with E-state index in [1.807, 2.05) is 6.92 Å². The molecule has 0 heterocycles. The number of nitrogens with one attached hydrogen (secondary N) is 1. The highest BCUT2D eigenvalue weighted by atomic mass is 19.4. The molecule has 0 aromatic carbocycles. The zero-order valence-electron chi connectivity index (χ0n) is 9.24. The Balaban J connectivity index is 3.87. The third-order valence-electron chi connectivity index (χ3n) is 1.82. The van der Waals surface area contributed by atoms with E-state index in [1.165, 1.54) is 5.32 Å². The van der Waals surface area contributed by atoms with Crippen LogP contribution >= 0.6 is 0 Å². The fourth-order valence-electron chi connectivity index (χ4n) is 0.825. The Morgan fingerprint density at radius 1 is 1.18 bits per heavy atom. The molecule has 0 radical (unpaired) electrons. The van der Waals surface area contributed by atoms with Crippen molar-refractivity contribution in [2.24, 2.45) is 0 Å². The summed E-state index contributed by atoms with van der Waals surface area (Å²) < 4.78 is 64.8. The lowest BCUT2D eigenvalue weighted by Gasteiger charge is -2.18. The van der Waals surface area contributed by atoms with Gasteiger partial charge in [0.2, 0.25) is 0 Å². The van der Waals surface area contributed by atoms with E-state index in [4.69, 9.17) is 4.74 Å². The number of hydrogen-bond donors (Lipinski definition) is 1. The lowest BCUT2D eigenvalue weighted by atomic mass is 10.3. The minimum absolute atomic E-state index is 0.0975. The second-order valence-corrected chi connectivity index (χ2v) is 3.29. The summed E-state index contributed by atoms with van der Waals surface area (Å²) in [7, 11) is 0. The maximum atomic E-state index is 12.4. The fraction of sp³-hybridized carbons (Fsp3) is 0.889. The second kappa shape index (κ2) is 6.73. The van der Waals surface area contributed by atoms with Crippen LogP contribution in [0.1, 0.15) is 19.8 Å². The zero-order valence-corrected chi connectivity index (χ0v) is 9.24. The lowest BCUT2D eigenvalue weighted by molar-refractivity contribution is -0.269. The Morgan fingerprint density at radius 2 is 1.76 bits per heavy atom. The van der Waals surface area contributed by atoms with Gasteiger partial charge in [0, 0.05) is 13.2 Å². The van der Waals surface area contributed by atoms with E-state index in [-0.39, 0.29) is 13.2 Å². The largest absolute Gasteiger partial charge is 0.463 e. The van der Waals surface area contributed by atoms with Crippen LogP contribution in [0.15, 0.2) is 0 Å². The van der Waals surface area contributed by atoms with Gasteiger partial charge in [-0.25, -0.2) is 0 Å². The maximum absolute atomic E-state index is 12.4. The molecule has 102 valence electrons. The Kier molecular flexibility index (Phi) is 6.36. The molecule has 0 aromatic rings. The first-order valence-corrected chi connectivity index (χ1v) is 5.04. The van der Waals surface area contributed by atoms with Gasteiger partial charge in [-0.15, -0.1) is 0 Å². The Labute approximate surface area is 95.3 Å². The van der Waals surface area contributed by atoms with Crippen molar-refractivity contribution in [1.29, 1.82) is 0 Å². The first-order chi connectivity index (χ1) is 7.73. The summed E-state index contributed by atoms with van der Waals surface area (Å²) in [5.41, 5.74) is 0. The highest BCUT2D eigenvalue weighted by Crippen LogP contribution is 2.35. The number of rotatable bonds is 7. The van der Waals surface area contributed by atoms with Crippen LogP contribution in [0, 0.1) is 0 Å². The molecule has 0 aromatic heterocycles. The Bertz CT molecular complexity index is 242. The number of amides is 1. The lowest BCUT2D eigenvalue weighted by Crippen LogP contribution is -2.51. The van der Waals surface area contributed by atoms with Gasteiger partial charge >= 0.3 is 12.1 Å². The molecule has 1 amide bonds. The number of carbonyl (C=O) groups is 1. The van der Waals surface area contributed by atoms with Crippen molar-refractivity contribution >= 4 is 5.91 Å². The smallest absolute Gasteiger partial charge is 0.380 e. The summed E-state index contributed by atoms with van der Waals surface area (Å²) >= 11 is 0. The van der Waals surface area contributed by atoms with Crippen LogP contribution in [0.25, 0.3) is 0 Å². The molecular weight excluding hydrogens is 249 g/mol. The van der Waals surface area contributed by atoms with Crippen LogP contribution in [0.4, 0.5) is 22.0 Å². The molecular formula is C9H14F5NO2. The van der Waals surface area contributed by atoms with E-state index in [0.29, 0.717) is 6.61 Å². The Hall–Kier alpha value is -0.920. The third kappa shape index (κ3) is 5.29. The molecule has 0 unspecified atom stereocenters. The van der Waals surface area contributed by atoms with Gasteiger partial charge in [0.1, 0.15) is 0 Å². The molecule has 0 aliphatic carbocycles. The molecule has 0 saturated carbocycles. The minimum atomic E-state index is -5.87. The average Bonchev–Trinajstić information content (AvgIpc) is 2.21. The van der Waals surface area contributed by atoms with E-state index < -0.39 is 18.0 Å². The quantitative estimate of drug-likeness (QED) is 0.564. The molecule has 0 rings (SSSR count). The van der Waals surface area contributed by atoms with Gasteiger partial charge in [0.15, 0.2) is 0 Å². The summed E-state index contributed by atoms with van der Waals surface area (Å²) in [5.74, 6) is -7.72. The van der Waals surface area contributed by atoms with E-state index in [2.05, 4.69) is 0 Å². The molecule has 0 atom stereocenters. The first-order valence-electron chi connectivity index (χ1n) is 5.04. The number of alkyl halides is 5. The molecule has 0 bridgehead atoms. The van der Waals surface area contributed by atoms with Crippen molar-refractivity contribution in [1.82, 2.24) is 5.32 Å². The number of carbonyl (C=O) groups excluding carboxylic acids is 1. The predicted octanol–water partition coefficient (Wildman–Crippen LogP) is 2.12. The van der Waals surface area contributed by atoms with Crippen molar-refractivity contribution in [3.05, 3.63) is 0 Å². The number of unbranched alkanes of at least 4 members (excludes halogenated alkanes) is 1. The standard InChI is InChI=1S/C9H14F5NO2/c1-2-3-5-17-6-4-15-7(16)8(10,11)9(12,13)14/h2-6H2,1H3,(H,15,16). The highest BCUT2D eigenvalue weighted by Gasteiger charge is 2.63. The second-order valence-electron chi connectivity index (χ2n) is 3.29. The SMILES string of the molecule is CCCCOCCNC(=O)C(F)(F)C(F)(F)F. The van der Waals surface area contributed by atoms with Crippen molar-refractivity contribution in [2.75, 3.05) is 19.8 Å². The van der Waals surface area contributed by atoms with Crippen LogP contribution < -0.4 is 5.32 Å². The average molecular weight is 263 g/mol. The minimum Gasteiger partial charge on any atom is -0.380 e. The highest BCUT2D eigenvalue weighted by molar-refractivity contribution is 5.84. The van der Waals surface area contributed by atoms with Gasteiger partial charge in [-0.1, -0.05) is 13.3 Å². The van der Waals surface area contributed by atoms with Crippen LogP contribution in [0.2, 0.25) is 0 Å². The van der Waals surface area contributed by atoms with E-state index in [9.17, 15) is 26.7 Å². The topological polar surface area (TPSA) is 38.3 Å². The van der Waals surface area contributed by atoms with Crippen molar-refractivity contribution < 1.29 is 31.5 Å². The summed E-state index contributed by atoms with van der Waals surface area (Å²) in [6, 6.07) is 0. The fourth-order valence-corrected chi connectivity index (χ4v) is 0.825. The van der Waals surface area contributed by atoms with Gasteiger partial charge in [0.05, 0.1) is 6.61 Å². The molecule has 1 N–H and O–H groups in total. The number of halogens is 5. The van der Waals surface area contributed by atoms with Crippen molar-refractivity contribution in [3.63, 3.8) is 0 Å². The first kappa shape index (κ1) is 16.1. The van der Waals surface area contributed by atoms with Gasteiger partial charge in [-0.2, -0.15) is 22.0 Å². The van der Waals surface area contributed by atoms with Gasteiger partial charge < -0.3 is 10.1 Å². The third-order valence-corrected chi connectivity index (χ3v) is 1.82. The summed E-state index contributed by atoms with van der Waals surface area (Å²) in [6.45, 7) is 1.81. The van der Waals surface area contributed by atoms with E-state index >= 15 is 0 Å². The van der Waals surface area contributed by atoms with Gasteiger partial charge in [-0.3, -0.25) is 4.79 Å². The van der Waals surface area contributed by atoms with Crippen LogP contribution in [-0.4, -0.2) is 37.8 Å². The van der Waals surface area contributed by atoms with Crippen molar-refractivity contribution in [3.8, 4) is 0 Å². The summed E-state index contributed by atoms with van der Waals surface area (Å²) in [5, 5.41) is 1.47. The van der Waals surface area contributed by atoms with Crippen molar-refractivity contribution in [2.45, 2.75) is 31.9 Å². The number of ether oxygens (including phenoxy) is 1. The molecule has 0 aliphatic rings. The normalized spacial score (nSPS) is 12.6. The molecule has 0 spiro atoms. The zero-order chi connectivity index (χ0) is 13.5. The summed E-state index contributed by atoms with van der Waals surface area (Å²) in [6.07, 6.45) is -4.24. The molecule has 8 heteroatoms. The number of hydrogen-bond acceptors (Lipinski definition) is 2. The molecule has 17 heavy (non-hydrogen) atoms. The van der Waals surface area contributed by atoms with Gasteiger partial charge in [0.25, 0.3) is 5.91 Å². The van der Waals surface area contributed by atoms with Gasteiger partial charge in [-0.05, 0) is 6.42 Å². The monoisotopic (exact) mass is 263 g/mol.